The van der Waals surface area contributed by atoms with Crippen LogP contribution in [0.5, 0.6) is 0 Å². The van der Waals surface area contributed by atoms with E-state index in [0.717, 1.165) is 47.8 Å². The Morgan fingerprint density at radius 3 is 2.50 bits per heavy atom. The first-order chi connectivity index (χ1) is 23.4. The summed E-state index contributed by atoms with van der Waals surface area (Å²) in [7, 11) is 0. The largest absolute Gasteiger partial charge is 0.461 e. The van der Waals surface area contributed by atoms with Crippen LogP contribution in [0.2, 0.25) is 0 Å². The molecule has 3 amide bonds. The lowest BCUT2D eigenvalue weighted by Crippen LogP contribution is -2.45. The summed E-state index contributed by atoms with van der Waals surface area (Å²) in [5.41, 5.74) is 4.54. The molecule has 2 fully saturated rings. The highest BCUT2D eigenvalue weighted by molar-refractivity contribution is 6.10. The van der Waals surface area contributed by atoms with Gasteiger partial charge in [-0.25, -0.2) is 4.79 Å². The number of likely N-dealkylation sites (tertiary alicyclic amines) is 1. The highest BCUT2D eigenvalue weighted by Crippen LogP contribution is 2.37. The molecule has 1 aliphatic carbocycles. The molecule has 0 radical (unpaired) electrons. The van der Waals surface area contributed by atoms with E-state index >= 15 is 0 Å². The molecule has 1 saturated carbocycles. The van der Waals surface area contributed by atoms with Gasteiger partial charge < -0.3 is 24.8 Å². The summed E-state index contributed by atoms with van der Waals surface area (Å²) in [6, 6.07) is 22.0. The van der Waals surface area contributed by atoms with Crippen LogP contribution in [0.3, 0.4) is 0 Å². The van der Waals surface area contributed by atoms with Crippen LogP contribution < -0.4 is 10.2 Å². The van der Waals surface area contributed by atoms with Gasteiger partial charge in [0.05, 0.1) is 6.61 Å². The molecule has 248 valence electrons. The number of carbonyl (C=O) groups is 4. The smallest absolute Gasteiger partial charge is 0.354 e. The number of amides is 3. The van der Waals surface area contributed by atoms with Crippen LogP contribution in [0.1, 0.15) is 95.1 Å². The number of aryl methyl sites for hydroxylation is 1. The van der Waals surface area contributed by atoms with E-state index in [9.17, 15) is 19.2 Å². The molecule has 1 saturated heterocycles. The number of esters is 1. The molecule has 2 aliphatic heterocycles. The molecule has 48 heavy (non-hydrogen) atoms. The number of hydrogen-bond acceptors (Lipinski definition) is 5. The average Bonchev–Trinajstić information content (AvgIpc) is 3.75. The van der Waals surface area contributed by atoms with Gasteiger partial charge in [0.2, 0.25) is 5.91 Å². The quantitative estimate of drug-likeness (QED) is 0.208. The summed E-state index contributed by atoms with van der Waals surface area (Å²) in [6.45, 7) is 2.49. The molecule has 4 aromatic rings. The zero-order valence-electron chi connectivity index (χ0n) is 27.4. The Hall–Kier alpha value is -4.92. The van der Waals surface area contributed by atoms with Crippen molar-refractivity contribution >= 4 is 46.0 Å². The Kier molecular flexibility index (Phi) is 9.02. The van der Waals surface area contributed by atoms with Crippen LogP contribution in [-0.2, 0) is 16.0 Å². The number of nitrogens with one attached hydrogen (secondary N) is 2. The minimum Gasteiger partial charge on any atom is -0.461 e. The number of hydrogen-bond donors (Lipinski definition) is 2. The first-order valence-corrected chi connectivity index (χ1v) is 17.3. The van der Waals surface area contributed by atoms with Gasteiger partial charge in [-0.3, -0.25) is 14.4 Å². The zero-order valence-corrected chi connectivity index (χ0v) is 27.4. The van der Waals surface area contributed by atoms with Crippen LogP contribution in [0.25, 0.3) is 10.9 Å². The summed E-state index contributed by atoms with van der Waals surface area (Å²) < 4.78 is 5.09. The van der Waals surface area contributed by atoms with E-state index in [4.69, 9.17) is 4.74 Å². The molecule has 7 rings (SSSR count). The van der Waals surface area contributed by atoms with E-state index in [1.807, 2.05) is 47.4 Å². The van der Waals surface area contributed by atoms with Gasteiger partial charge in [-0.15, -0.1) is 0 Å². The van der Waals surface area contributed by atoms with Crippen molar-refractivity contribution < 1.29 is 23.9 Å². The third-order valence-electron chi connectivity index (χ3n) is 10.3. The molecule has 3 heterocycles. The predicted octanol–water partition coefficient (Wildman–Crippen LogP) is 7.13. The van der Waals surface area contributed by atoms with E-state index in [1.165, 1.54) is 19.3 Å². The fourth-order valence-corrected chi connectivity index (χ4v) is 7.91. The number of benzene rings is 3. The first-order valence-electron chi connectivity index (χ1n) is 17.3. The lowest BCUT2D eigenvalue weighted by molar-refractivity contribution is -0.119. The summed E-state index contributed by atoms with van der Waals surface area (Å²) in [6.07, 6.45) is 8.84. The maximum atomic E-state index is 14.4. The Bertz CT molecular complexity index is 1840. The number of aromatic amines is 1. The monoisotopic (exact) mass is 646 g/mol. The van der Waals surface area contributed by atoms with Crippen molar-refractivity contribution in [3.8, 4) is 0 Å². The topological polar surface area (TPSA) is 112 Å². The zero-order chi connectivity index (χ0) is 33.2. The number of H-pyrrole nitrogens is 1. The van der Waals surface area contributed by atoms with Crippen LogP contribution in [-0.4, -0.2) is 58.8 Å². The summed E-state index contributed by atoms with van der Waals surface area (Å²) in [5.74, 6) is -0.545. The van der Waals surface area contributed by atoms with Gasteiger partial charge >= 0.3 is 5.97 Å². The third kappa shape index (κ3) is 6.21. The lowest BCUT2D eigenvalue weighted by atomic mass is 9.81. The van der Waals surface area contributed by atoms with Crippen LogP contribution in [0.4, 0.5) is 11.4 Å². The molecular formula is C39H42N4O5. The minimum atomic E-state index is -0.638. The predicted molar refractivity (Wildman–Crippen MR) is 185 cm³/mol. The molecule has 3 aromatic carbocycles. The Labute approximate surface area is 280 Å². The molecule has 2 atom stereocenters. The molecule has 1 unspecified atom stereocenters. The van der Waals surface area contributed by atoms with Gasteiger partial charge in [0.1, 0.15) is 11.7 Å². The summed E-state index contributed by atoms with van der Waals surface area (Å²) in [5, 5.41) is 3.74. The maximum Gasteiger partial charge on any atom is 0.354 e. The standard InChI is InChI=1S/C39H42N4O5/c1-2-48-39(47)33-24-28-22-29(18-19-32(28)41-33)40-36(44)35-14-9-21-42(35)37(45)27-16-15-25-17-20-34(26-10-5-3-6-11-26)43(38(46)31(25)23-27)30-12-7-4-8-13-30/h4,7-8,12-13,15-16,18-19,22-24,26,34-35,41H,2-3,5-6,9-11,14,17,20-21H2,1H3,(H,40,44)/t34?,35-/m0/s1. The summed E-state index contributed by atoms with van der Waals surface area (Å²) >= 11 is 0. The Balaban J connectivity index is 1.11. The molecule has 3 aliphatic rings. The van der Waals surface area contributed by atoms with Crippen LogP contribution in [0, 0.1) is 5.92 Å². The second-order valence-electron chi connectivity index (χ2n) is 13.2. The van der Waals surface area contributed by atoms with Crippen molar-refractivity contribution in [2.45, 2.75) is 76.8 Å². The molecule has 2 N–H and O–H groups in total. The van der Waals surface area contributed by atoms with Crippen molar-refractivity contribution in [2.24, 2.45) is 5.92 Å². The van der Waals surface area contributed by atoms with Gasteiger partial charge in [-0.2, -0.15) is 0 Å². The second kappa shape index (κ2) is 13.7. The lowest BCUT2D eigenvalue weighted by Gasteiger charge is -2.38. The van der Waals surface area contributed by atoms with Crippen molar-refractivity contribution in [2.75, 3.05) is 23.4 Å². The molecular weight excluding hydrogens is 604 g/mol. The highest BCUT2D eigenvalue weighted by atomic mass is 16.5. The van der Waals surface area contributed by atoms with Gasteiger partial charge in [0.25, 0.3) is 11.8 Å². The van der Waals surface area contributed by atoms with Crippen molar-refractivity contribution in [1.82, 2.24) is 9.88 Å². The summed E-state index contributed by atoms with van der Waals surface area (Å²) in [4.78, 5) is 60.9. The van der Waals surface area contributed by atoms with Gasteiger partial charge in [-0.05, 0) is 105 Å². The number of aromatic nitrogens is 1. The van der Waals surface area contributed by atoms with E-state index in [1.54, 1.807) is 42.2 Å². The molecule has 9 heteroatoms. The number of anilines is 2. The second-order valence-corrected chi connectivity index (χ2v) is 13.2. The van der Waals surface area contributed by atoms with E-state index < -0.39 is 12.0 Å². The maximum absolute atomic E-state index is 14.4. The van der Waals surface area contributed by atoms with E-state index in [2.05, 4.69) is 10.3 Å². The number of fused-ring (bicyclic) bond motifs is 2. The van der Waals surface area contributed by atoms with Crippen molar-refractivity contribution in [3.63, 3.8) is 0 Å². The molecule has 0 bridgehead atoms. The fraction of sp³-hybridized carbons (Fsp3) is 0.385. The first kappa shape index (κ1) is 31.7. The Morgan fingerprint density at radius 1 is 0.896 bits per heavy atom. The van der Waals surface area contributed by atoms with Crippen molar-refractivity contribution in [3.05, 3.63) is 95.2 Å². The number of nitrogens with zero attached hydrogens (tertiary/aromatic N) is 2. The number of para-hydroxylation sites is 1. The average molecular weight is 647 g/mol. The van der Waals surface area contributed by atoms with E-state index in [0.29, 0.717) is 47.8 Å². The number of carbonyl (C=O) groups excluding carboxylic acids is 4. The normalized spacial score (nSPS) is 20.0. The van der Waals surface area contributed by atoms with Gasteiger partial charge in [-0.1, -0.05) is 43.5 Å². The van der Waals surface area contributed by atoms with E-state index in [-0.39, 0.29) is 30.4 Å². The minimum absolute atomic E-state index is 0.0547. The SMILES string of the molecule is CCOC(=O)c1cc2cc(NC(=O)[C@@H]3CCCN3C(=O)c3ccc4c(c3)C(=O)N(c3ccccc3)C(C3CCCCC3)CC4)ccc2[nH]1. The van der Waals surface area contributed by atoms with Gasteiger partial charge in [0.15, 0.2) is 0 Å². The Morgan fingerprint density at radius 2 is 1.71 bits per heavy atom. The van der Waals surface area contributed by atoms with Crippen LogP contribution in [0.15, 0.2) is 72.8 Å². The van der Waals surface area contributed by atoms with Crippen molar-refractivity contribution in [1.29, 1.82) is 0 Å². The number of ether oxygens (including phenoxy) is 1. The number of rotatable bonds is 7. The molecule has 1 aromatic heterocycles. The van der Waals surface area contributed by atoms with Gasteiger partial charge in [0, 0.05) is 46.0 Å². The van der Waals surface area contributed by atoms with Crippen LogP contribution >= 0.6 is 0 Å². The fourth-order valence-electron chi connectivity index (χ4n) is 7.91. The molecule has 0 spiro atoms. The third-order valence-corrected chi connectivity index (χ3v) is 10.3. The molecule has 9 nitrogen and oxygen atoms in total. The highest BCUT2D eigenvalue weighted by Gasteiger charge is 2.38.